The van der Waals surface area contributed by atoms with Crippen molar-refractivity contribution in [2.24, 2.45) is 0 Å². The fourth-order valence-corrected chi connectivity index (χ4v) is 0.798. The van der Waals surface area contributed by atoms with E-state index in [-0.39, 0.29) is 12.5 Å². The molecule has 0 radical (unpaired) electrons. The van der Waals surface area contributed by atoms with Gasteiger partial charge in [-0.1, -0.05) is 0 Å². The van der Waals surface area contributed by atoms with E-state index in [0.717, 1.165) is 12.8 Å². The van der Waals surface area contributed by atoms with Gasteiger partial charge in [0.15, 0.2) is 0 Å². The van der Waals surface area contributed by atoms with Crippen LogP contribution in [0.4, 0.5) is 0 Å². The van der Waals surface area contributed by atoms with E-state index in [4.69, 9.17) is 10.2 Å². The second-order valence-electron chi connectivity index (χ2n) is 3.01. The van der Waals surface area contributed by atoms with Gasteiger partial charge in [-0.05, 0) is 19.8 Å². The second-order valence-corrected chi connectivity index (χ2v) is 3.01. The SMILES string of the molecule is CC(O)CC#CCCCCC(=O)O. The number of aliphatic hydroxyl groups is 1. The fourth-order valence-electron chi connectivity index (χ4n) is 0.798. The maximum Gasteiger partial charge on any atom is 0.303 e. The third-order valence-corrected chi connectivity index (χ3v) is 1.46. The van der Waals surface area contributed by atoms with Gasteiger partial charge in [0.05, 0.1) is 6.10 Å². The zero-order valence-electron chi connectivity index (χ0n) is 7.92. The van der Waals surface area contributed by atoms with Crippen LogP contribution in [0, 0.1) is 11.8 Å². The molecule has 74 valence electrons. The van der Waals surface area contributed by atoms with Gasteiger partial charge < -0.3 is 10.2 Å². The topological polar surface area (TPSA) is 57.5 Å². The number of hydrogen-bond acceptors (Lipinski definition) is 2. The predicted molar refractivity (Wildman–Crippen MR) is 50.2 cm³/mol. The Morgan fingerprint density at radius 2 is 2.08 bits per heavy atom. The third-order valence-electron chi connectivity index (χ3n) is 1.46. The average molecular weight is 184 g/mol. The van der Waals surface area contributed by atoms with E-state index < -0.39 is 5.97 Å². The van der Waals surface area contributed by atoms with Crippen LogP contribution >= 0.6 is 0 Å². The minimum atomic E-state index is -0.753. The van der Waals surface area contributed by atoms with Crippen molar-refractivity contribution in [1.82, 2.24) is 0 Å². The summed E-state index contributed by atoms with van der Waals surface area (Å²) in [6.45, 7) is 1.69. The Labute approximate surface area is 78.8 Å². The number of aliphatic carboxylic acids is 1. The first-order valence-corrected chi connectivity index (χ1v) is 4.48. The Balaban J connectivity index is 3.23. The second kappa shape index (κ2) is 7.63. The number of carboxylic acid groups (broad SMARTS) is 1. The summed E-state index contributed by atoms with van der Waals surface area (Å²) < 4.78 is 0. The van der Waals surface area contributed by atoms with E-state index in [9.17, 15) is 4.79 Å². The van der Waals surface area contributed by atoms with E-state index in [1.807, 2.05) is 0 Å². The van der Waals surface area contributed by atoms with Crippen LogP contribution in [0.15, 0.2) is 0 Å². The van der Waals surface area contributed by atoms with Crippen LogP contribution in [0.3, 0.4) is 0 Å². The van der Waals surface area contributed by atoms with Gasteiger partial charge in [0.25, 0.3) is 0 Å². The lowest BCUT2D eigenvalue weighted by atomic mass is 10.2. The Bertz CT molecular complexity index is 198. The minimum absolute atomic E-state index is 0.220. The van der Waals surface area contributed by atoms with Gasteiger partial charge in [0.1, 0.15) is 0 Å². The molecule has 0 saturated carbocycles. The molecule has 0 fully saturated rings. The Hall–Kier alpha value is -1.01. The third kappa shape index (κ3) is 11.0. The van der Waals surface area contributed by atoms with Crippen LogP contribution < -0.4 is 0 Å². The summed E-state index contributed by atoms with van der Waals surface area (Å²) in [5.74, 6) is 4.96. The predicted octanol–water partition coefficient (Wildman–Crippen LogP) is 1.41. The van der Waals surface area contributed by atoms with E-state index in [1.54, 1.807) is 6.92 Å². The quantitative estimate of drug-likeness (QED) is 0.501. The molecule has 0 aromatic rings. The first-order chi connectivity index (χ1) is 6.13. The maximum atomic E-state index is 10.1. The van der Waals surface area contributed by atoms with Gasteiger partial charge >= 0.3 is 5.97 Å². The van der Waals surface area contributed by atoms with Crippen LogP contribution in [-0.2, 0) is 4.79 Å². The summed E-state index contributed by atoms with van der Waals surface area (Å²) >= 11 is 0. The van der Waals surface area contributed by atoms with Crippen molar-refractivity contribution >= 4 is 5.97 Å². The van der Waals surface area contributed by atoms with Crippen LogP contribution in [-0.4, -0.2) is 22.3 Å². The highest BCUT2D eigenvalue weighted by atomic mass is 16.4. The standard InChI is InChI=1S/C10H16O3/c1-9(11)7-5-3-2-4-6-8-10(12)13/h9,11H,2,4,6-8H2,1H3,(H,12,13). The van der Waals surface area contributed by atoms with Gasteiger partial charge in [-0.25, -0.2) is 0 Å². The van der Waals surface area contributed by atoms with Crippen molar-refractivity contribution in [2.45, 2.75) is 45.1 Å². The van der Waals surface area contributed by atoms with Gasteiger partial charge in [-0.3, -0.25) is 4.79 Å². The van der Waals surface area contributed by atoms with Crippen molar-refractivity contribution in [3.8, 4) is 11.8 Å². The molecule has 0 aromatic carbocycles. The van der Waals surface area contributed by atoms with Crippen LogP contribution in [0.25, 0.3) is 0 Å². The highest BCUT2D eigenvalue weighted by Crippen LogP contribution is 1.98. The monoisotopic (exact) mass is 184 g/mol. The number of rotatable bonds is 5. The van der Waals surface area contributed by atoms with Crippen molar-refractivity contribution in [1.29, 1.82) is 0 Å². The molecular formula is C10H16O3. The number of unbranched alkanes of at least 4 members (excludes halogenated alkanes) is 2. The maximum absolute atomic E-state index is 10.1. The van der Waals surface area contributed by atoms with Crippen LogP contribution in [0.1, 0.15) is 39.0 Å². The molecule has 1 atom stereocenters. The Morgan fingerprint density at radius 1 is 1.38 bits per heavy atom. The molecule has 0 rings (SSSR count). The van der Waals surface area contributed by atoms with Crippen LogP contribution in [0.2, 0.25) is 0 Å². The highest BCUT2D eigenvalue weighted by molar-refractivity contribution is 5.66. The lowest BCUT2D eigenvalue weighted by Crippen LogP contribution is -1.95. The molecule has 0 aliphatic carbocycles. The summed E-state index contributed by atoms with van der Waals surface area (Å²) in [6, 6.07) is 0. The van der Waals surface area contributed by atoms with E-state index >= 15 is 0 Å². The Kier molecular flexibility index (Phi) is 7.04. The molecular weight excluding hydrogens is 168 g/mol. The van der Waals surface area contributed by atoms with Gasteiger partial charge in [0, 0.05) is 19.3 Å². The smallest absolute Gasteiger partial charge is 0.303 e. The normalized spacial score (nSPS) is 11.5. The van der Waals surface area contributed by atoms with E-state index in [0.29, 0.717) is 12.8 Å². The summed E-state index contributed by atoms with van der Waals surface area (Å²) in [5.41, 5.74) is 0. The number of carbonyl (C=O) groups is 1. The molecule has 0 amide bonds. The zero-order valence-corrected chi connectivity index (χ0v) is 7.92. The highest BCUT2D eigenvalue weighted by Gasteiger charge is 1.94. The summed E-state index contributed by atoms with van der Waals surface area (Å²) in [7, 11) is 0. The average Bonchev–Trinajstić information content (AvgIpc) is 2.01. The molecule has 0 heterocycles. The molecule has 0 bridgehead atoms. The van der Waals surface area contributed by atoms with Crippen molar-refractivity contribution in [3.63, 3.8) is 0 Å². The van der Waals surface area contributed by atoms with Crippen LogP contribution in [0.5, 0.6) is 0 Å². The summed E-state index contributed by atoms with van der Waals surface area (Å²) in [6.07, 6.45) is 2.57. The summed E-state index contributed by atoms with van der Waals surface area (Å²) in [5, 5.41) is 17.2. The zero-order chi connectivity index (χ0) is 10.1. The van der Waals surface area contributed by atoms with Gasteiger partial charge in [0.2, 0.25) is 0 Å². The fraction of sp³-hybridized carbons (Fsp3) is 0.700. The lowest BCUT2D eigenvalue weighted by molar-refractivity contribution is -0.137. The van der Waals surface area contributed by atoms with Gasteiger partial charge in [-0.2, -0.15) is 0 Å². The van der Waals surface area contributed by atoms with Gasteiger partial charge in [-0.15, -0.1) is 11.8 Å². The van der Waals surface area contributed by atoms with E-state index in [1.165, 1.54) is 0 Å². The molecule has 13 heavy (non-hydrogen) atoms. The molecule has 0 aliphatic rings. The largest absolute Gasteiger partial charge is 0.481 e. The lowest BCUT2D eigenvalue weighted by Gasteiger charge is -1.93. The Morgan fingerprint density at radius 3 is 2.62 bits per heavy atom. The number of hydrogen-bond donors (Lipinski definition) is 2. The minimum Gasteiger partial charge on any atom is -0.481 e. The molecule has 3 heteroatoms. The molecule has 0 aliphatic heterocycles. The van der Waals surface area contributed by atoms with Crippen molar-refractivity contribution < 1.29 is 15.0 Å². The molecule has 0 saturated heterocycles. The molecule has 0 spiro atoms. The van der Waals surface area contributed by atoms with Crippen molar-refractivity contribution in [2.75, 3.05) is 0 Å². The molecule has 0 aromatic heterocycles. The summed E-state index contributed by atoms with van der Waals surface area (Å²) in [4.78, 5) is 10.1. The van der Waals surface area contributed by atoms with E-state index in [2.05, 4.69) is 11.8 Å². The number of aliphatic hydroxyl groups excluding tert-OH is 1. The van der Waals surface area contributed by atoms with Crippen molar-refractivity contribution in [3.05, 3.63) is 0 Å². The molecule has 1 unspecified atom stereocenters. The first-order valence-electron chi connectivity index (χ1n) is 4.48. The first kappa shape index (κ1) is 12.0. The number of carboxylic acids is 1. The molecule has 2 N–H and O–H groups in total. The molecule has 3 nitrogen and oxygen atoms in total.